The van der Waals surface area contributed by atoms with Crippen LogP contribution in [0.15, 0.2) is 54.9 Å². The van der Waals surface area contributed by atoms with Gasteiger partial charge in [-0.2, -0.15) is 14.7 Å². The third-order valence-electron chi connectivity index (χ3n) is 3.53. The molecule has 0 saturated heterocycles. The molecule has 0 N–H and O–H groups in total. The van der Waals surface area contributed by atoms with Gasteiger partial charge >= 0.3 is 0 Å². The predicted octanol–water partition coefficient (Wildman–Crippen LogP) is 2.12. The van der Waals surface area contributed by atoms with Gasteiger partial charge in [0.15, 0.2) is 11.5 Å². The van der Waals surface area contributed by atoms with Crippen LogP contribution < -0.4 is 0 Å². The van der Waals surface area contributed by atoms with E-state index in [1.807, 2.05) is 43.6 Å². The molecule has 0 fully saturated rings. The summed E-state index contributed by atoms with van der Waals surface area (Å²) >= 11 is 0. The molecule has 0 amide bonds. The van der Waals surface area contributed by atoms with Gasteiger partial charge < -0.3 is 0 Å². The van der Waals surface area contributed by atoms with Gasteiger partial charge in [-0.15, -0.1) is 10.2 Å². The molecular weight excluding hydrogens is 276 g/mol. The SMILES string of the molecule is Cn1cc(-c2ccc3nnc(Cc4ccccc4)n3n2)cn1. The van der Waals surface area contributed by atoms with E-state index in [9.17, 15) is 0 Å². The van der Waals surface area contributed by atoms with Gasteiger partial charge in [0.05, 0.1) is 11.9 Å². The third-order valence-corrected chi connectivity index (χ3v) is 3.53. The lowest BCUT2D eigenvalue weighted by Crippen LogP contribution is -2.01. The number of hydrogen-bond donors (Lipinski definition) is 0. The zero-order valence-corrected chi connectivity index (χ0v) is 12.1. The van der Waals surface area contributed by atoms with Crippen LogP contribution >= 0.6 is 0 Å². The molecule has 108 valence electrons. The zero-order chi connectivity index (χ0) is 14.9. The first-order valence-electron chi connectivity index (χ1n) is 7.04. The standard InChI is InChI=1S/C16H14N6/c1-21-11-13(10-17-21)14-7-8-15-18-19-16(22(15)20-14)9-12-5-3-2-4-6-12/h2-8,10-11H,9H2,1H3. The van der Waals surface area contributed by atoms with E-state index >= 15 is 0 Å². The van der Waals surface area contributed by atoms with Crippen LogP contribution in [0.1, 0.15) is 11.4 Å². The van der Waals surface area contributed by atoms with Crippen LogP contribution in [-0.2, 0) is 13.5 Å². The van der Waals surface area contributed by atoms with E-state index in [1.165, 1.54) is 5.56 Å². The van der Waals surface area contributed by atoms with Gasteiger partial charge in [0.2, 0.25) is 0 Å². The molecule has 6 heteroatoms. The van der Waals surface area contributed by atoms with Crippen molar-refractivity contribution in [2.75, 3.05) is 0 Å². The molecule has 1 aromatic carbocycles. The molecule has 0 aliphatic heterocycles. The van der Waals surface area contributed by atoms with Crippen molar-refractivity contribution in [3.63, 3.8) is 0 Å². The first kappa shape index (κ1) is 12.7. The van der Waals surface area contributed by atoms with Crippen molar-refractivity contribution in [2.24, 2.45) is 7.05 Å². The molecule has 0 spiro atoms. The molecule has 0 atom stereocenters. The van der Waals surface area contributed by atoms with Gasteiger partial charge in [-0.25, -0.2) is 0 Å². The fourth-order valence-corrected chi connectivity index (χ4v) is 2.43. The Labute approximate surface area is 127 Å². The summed E-state index contributed by atoms with van der Waals surface area (Å²) in [5.41, 5.74) is 3.77. The number of aromatic nitrogens is 6. The number of benzene rings is 1. The van der Waals surface area contributed by atoms with Crippen molar-refractivity contribution in [1.82, 2.24) is 29.6 Å². The Balaban J connectivity index is 1.76. The van der Waals surface area contributed by atoms with Gasteiger partial charge in [0.25, 0.3) is 0 Å². The highest BCUT2D eigenvalue weighted by Crippen LogP contribution is 2.17. The summed E-state index contributed by atoms with van der Waals surface area (Å²) in [6.07, 6.45) is 4.44. The molecular formula is C16H14N6. The van der Waals surface area contributed by atoms with Gasteiger partial charge in [0, 0.05) is 25.2 Å². The van der Waals surface area contributed by atoms with Crippen molar-refractivity contribution in [3.8, 4) is 11.3 Å². The van der Waals surface area contributed by atoms with Crippen molar-refractivity contribution < 1.29 is 0 Å². The van der Waals surface area contributed by atoms with E-state index in [-0.39, 0.29) is 0 Å². The highest BCUT2D eigenvalue weighted by atomic mass is 15.4. The fraction of sp³-hybridized carbons (Fsp3) is 0.125. The van der Waals surface area contributed by atoms with Crippen molar-refractivity contribution in [3.05, 3.63) is 66.2 Å². The molecule has 4 rings (SSSR count). The Morgan fingerprint density at radius 2 is 1.86 bits per heavy atom. The minimum absolute atomic E-state index is 0.700. The fourth-order valence-electron chi connectivity index (χ4n) is 2.43. The van der Waals surface area contributed by atoms with Crippen LogP contribution in [0.25, 0.3) is 16.9 Å². The van der Waals surface area contributed by atoms with Crippen LogP contribution in [0, 0.1) is 0 Å². The second-order valence-corrected chi connectivity index (χ2v) is 5.17. The van der Waals surface area contributed by atoms with Crippen molar-refractivity contribution >= 4 is 5.65 Å². The summed E-state index contributed by atoms with van der Waals surface area (Å²) in [5.74, 6) is 0.826. The molecule has 0 aliphatic rings. The first-order chi connectivity index (χ1) is 10.8. The van der Waals surface area contributed by atoms with E-state index in [4.69, 9.17) is 0 Å². The third kappa shape index (κ3) is 2.24. The Bertz CT molecular complexity index is 922. The van der Waals surface area contributed by atoms with E-state index < -0.39 is 0 Å². The molecule has 0 radical (unpaired) electrons. The van der Waals surface area contributed by atoms with Crippen molar-refractivity contribution in [2.45, 2.75) is 6.42 Å². The summed E-state index contributed by atoms with van der Waals surface area (Å²) in [6, 6.07) is 14.1. The van der Waals surface area contributed by atoms with E-state index in [0.29, 0.717) is 6.42 Å². The molecule has 0 bridgehead atoms. The summed E-state index contributed by atoms with van der Waals surface area (Å²) in [4.78, 5) is 0. The van der Waals surface area contributed by atoms with Gasteiger partial charge in [-0.3, -0.25) is 4.68 Å². The topological polar surface area (TPSA) is 60.9 Å². The van der Waals surface area contributed by atoms with Crippen LogP contribution in [0.2, 0.25) is 0 Å². The lowest BCUT2D eigenvalue weighted by Gasteiger charge is -2.01. The van der Waals surface area contributed by atoms with Crippen LogP contribution in [0.4, 0.5) is 0 Å². The maximum absolute atomic E-state index is 4.65. The summed E-state index contributed by atoms with van der Waals surface area (Å²) < 4.78 is 3.56. The normalized spacial score (nSPS) is 11.1. The average molecular weight is 290 g/mol. The second kappa shape index (κ2) is 5.07. The van der Waals surface area contributed by atoms with E-state index in [0.717, 1.165) is 22.7 Å². The zero-order valence-electron chi connectivity index (χ0n) is 12.1. The maximum atomic E-state index is 4.65. The highest BCUT2D eigenvalue weighted by Gasteiger charge is 2.10. The second-order valence-electron chi connectivity index (χ2n) is 5.17. The van der Waals surface area contributed by atoms with Gasteiger partial charge in [-0.05, 0) is 17.7 Å². The number of nitrogens with zero attached hydrogens (tertiary/aromatic N) is 6. The molecule has 4 aromatic rings. The van der Waals surface area contributed by atoms with Crippen LogP contribution in [0.3, 0.4) is 0 Å². The first-order valence-corrected chi connectivity index (χ1v) is 7.04. The lowest BCUT2D eigenvalue weighted by atomic mass is 10.1. The molecule has 22 heavy (non-hydrogen) atoms. The number of hydrogen-bond acceptors (Lipinski definition) is 4. The minimum atomic E-state index is 0.700. The Morgan fingerprint density at radius 1 is 1.00 bits per heavy atom. The van der Waals surface area contributed by atoms with Gasteiger partial charge in [-0.1, -0.05) is 30.3 Å². The summed E-state index contributed by atoms with van der Waals surface area (Å²) in [5, 5.41) is 17.3. The molecule has 0 aliphatic carbocycles. The number of aryl methyl sites for hydroxylation is 1. The van der Waals surface area contributed by atoms with E-state index in [1.54, 1.807) is 15.4 Å². The number of rotatable bonds is 3. The highest BCUT2D eigenvalue weighted by molar-refractivity contribution is 5.58. The smallest absolute Gasteiger partial charge is 0.177 e. The minimum Gasteiger partial charge on any atom is -0.275 e. The average Bonchev–Trinajstić information content (AvgIpc) is 3.15. The molecule has 0 unspecified atom stereocenters. The van der Waals surface area contributed by atoms with Crippen LogP contribution in [-0.4, -0.2) is 29.6 Å². The molecule has 6 nitrogen and oxygen atoms in total. The maximum Gasteiger partial charge on any atom is 0.177 e. The Morgan fingerprint density at radius 3 is 2.64 bits per heavy atom. The largest absolute Gasteiger partial charge is 0.275 e. The van der Waals surface area contributed by atoms with E-state index in [2.05, 4.69) is 32.5 Å². The number of fused-ring (bicyclic) bond motifs is 1. The quantitative estimate of drug-likeness (QED) is 0.580. The Hall–Kier alpha value is -3.02. The monoisotopic (exact) mass is 290 g/mol. The summed E-state index contributed by atoms with van der Waals surface area (Å²) in [6.45, 7) is 0. The van der Waals surface area contributed by atoms with Crippen molar-refractivity contribution in [1.29, 1.82) is 0 Å². The van der Waals surface area contributed by atoms with Gasteiger partial charge in [0.1, 0.15) is 0 Å². The lowest BCUT2D eigenvalue weighted by molar-refractivity contribution is 0.768. The molecule has 3 aromatic heterocycles. The molecule has 3 heterocycles. The summed E-state index contributed by atoms with van der Waals surface area (Å²) in [7, 11) is 1.89. The predicted molar refractivity (Wildman–Crippen MR) is 82.2 cm³/mol. The van der Waals surface area contributed by atoms with Crippen LogP contribution in [0.5, 0.6) is 0 Å². The Kier molecular flexibility index (Phi) is 2.93. The molecule has 0 saturated carbocycles.